The van der Waals surface area contributed by atoms with Gasteiger partial charge in [0.2, 0.25) is 0 Å². The van der Waals surface area contributed by atoms with E-state index in [0.717, 1.165) is 5.56 Å². The van der Waals surface area contributed by atoms with Crippen molar-refractivity contribution < 1.29 is 10.0 Å². The molecule has 0 fully saturated rings. The Morgan fingerprint density at radius 2 is 2.21 bits per heavy atom. The molecule has 5 heteroatoms. The van der Waals surface area contributed by atoms with Crippen LogP contribution in [-0.2, 0) is 0 Å². The van der Waals surface area contributed by atoms with E-state index >= 15 is 0 Å². The molecule has 0 aliphatic carbocycles. The summed E-state index contributed by atoms with van der Waals surface area (Å²) in [5.41, 5.74) is 0.795. The van der Waals surface area contributed by atoms with Crippen molar-refractivity contribution in [2.75, 3.05) is 6.61 Å². The highest BCUT2D eigenvalue weighted by atomic mass is 79.9. The molecule has 1 atom stereocenters. The van der Waals surface area contributed by atoms with Crippen LogP contribution in [0.4, 0.5) is 5.69 Å². The predicted octanol–water partition coefficient (Wildman–Crippen LogP) is 2.45. The quantitative estimate of drug-likeness (QED) is 0.670. The second kappa shape index (κ2) is 4.52. The van der Waals surface area contributed by atoms with E-state index in [1.807, 2.05) is 6.92 Å². The Morgan fingerprint density at radius 1 is 1.57 bits per heavy atom. The molecule has 0 saturated carbocycles. The Kier molecular flexibility index (Phi) is 3.60. The molecule has 0 aliphatic rings. The molecule has 76 valence electrons. The number of benzene rings is 1. The third-order valence-electron chi connectivity index (χ3n) is 1.96. The Bertz CT molecular complexity index is 354. The summed E-state index contributed by atoms with van der Waals surface area (Å²) in [4.78, 5) is 10.1. The van der Waals surface area contributed by atoms with Crippen LogP contribution in [0.1, 0.15) is 18.4 Å². The molecule has 14 heavy (non-hydrogen) atoms. The molecule has 1 aromatic carbocycles. The van der Waals surface area contributed by atoms with Crippen LogP contribution in [0.2, 0.25) is 0 Å². The smallest absolute Gasteiger partial charge is 0.270 e. The lowest BCUT2D eigenvalue weighted by atomic mass is 10.0. The number of aliphatic hydroxyl groups excluding tert-OH is 1. The number of hydrogen-bond acceptors (Lipinski definition) is 3. The van der Waals surface area contributed by atoms with Crippen molar-refractivity contribution >= 4 is 21.6 Å². The third-order valence-corrected chi connectivity index (χ3v) is 2.42. The minimum Gasteiger partial charge on any atom is -0.396 e. The minimum atomic E-state index is -0.446. The van der Waals surface area contributed by atoms with Gasteiger partial charge in [-0.25, -0.2) is 0 Å². The molecular weight excluding hydrogens is 250 g/mol. The zero-order valence-electron chi connectivity index (χ0n) is 7.61. The average molecular weight is 260 g/mol. The molecule has 1 unspecified atom stereocenters. The van der Waals surface area contributed by atoms with Crippen LogP contribution >= 0.6 is 15.9 Å². The monoisotopic (exact) mass is 259 g/mol. The first-order valence-corrected chi connectivity index (χ1v) is 4.89. The maximum absolute atomic E-state index is 10.5. The van der Waals surface area contributed by atoms with Gasteiger partial charge in [0.05, 0.1) is 4.92 Å². The first-order chi connectivity index (χ1) is 6.54. The lowest BCUT2D eigenvalue weighted by Gasteiger charge is -2.08. The lowest BCUT2D eigenvalue weighted by molar-refractivity contribution is -0.385. The Hall–Kier alpha value is -0.940. The van der Waals surface area contributed by atoms with Crippen molar-refractivity contribution in [3.05, 3.63) is 38.3 Å². The first-order valence-electron chi connectivity index (χ1n) is 4.10. The van der Waals surface area contributed by atoms with Gasteiger partial charge in [-0.3, -0.25) is 10.1 Å². The molecule has 0 amide bonds. The number of aliphatic hydroxyl groups is 1. The summed E-state index contributed by atoms with van der Waals surface area (Å²) in [7, 11) is 0. The van der Waals surface area contributed by atoms with Gasteiger partial charge in [0, 0.05) is 29.1 Å². The number of hydrogen-bond donors (Lipinski definition) is 1. The maximum atomic E-state index is 10.5. The molecule has 0 saturated heterocycles. The van der Waals surface area contributed by atoms with Crippen molar-refractivity contribution in [3.63, 3.8) is 0 Å². The number of non-ortho nitro benzene ring substituents is 1. The van der Waals surface area contributed by atoms with Crippen LogP contribution in [0, 0.1) is 10.1 Å². The molecule has 0 radical (unpaired) electrons. The van der Waals surface area contributed by atoms with Crippen LogP contribution in [-0.4, -0.2) is 16.6 Å². The second-order valence-electron chi connectivity index (χ2n) is 3.08. The Balaban J connectivity index is 3.13. The molecule has 0 aromatic heterocycles. The van der Waals surface area contributed by atoms with Crippen molar-refractivity contribution in [2.24, 2.45) is 0 Å². The fraction of sp³-hybridized carbons (Fsp3) is 0.333. The SMILES string of the molecule is CC(CO)c1cc(Br)cc([N+](=O)[O-])c1. The highest BCUT2D eigenvalue weighted by molar-refractivity contribution is 9.10. The Morgan fingerprint density at radius 3 is 2.71 bits per heavy atom. The van der Waals surface area contributed by atoms with E-state index in [0.29, 0.717) is 4.47 Å². The molecule has 0 spiro atoms. The van der Waals surface area contributed by atoms with E-state index in [-0.39, 0.29) is 18.2 Å². The van der Waals surface area contributed by atoms with Crippen LogP contribution in [0.3, 0.4) is 0 Å². The first kappa shape index (κ1) is 11.1. The van der Waals surface area contributed by atoms with Crippen molar-refractivity contribution in [2.45, 2.75) is 12.8 Å². The summed E-state index contributed by atoms with van der Waals surface area (Å²) in [5.74, 6) is -0.0915. The predicted molar refractivity (Wildman–Crippen MR) is 56.3 cm³/mol. The van der Waals surface area contributed by atoms with Crippen LogP contribution in [0.15, 0.2) is 22.7 Å². The molecule has 4 nitrogen and oxygen atoms in total. The highest BCUT2D eigenvalue weighted by Crippen LogP contribution is 2.25. The summed E-state index contributed by atoms with van der Waals surface area (Å²) in [5, 5.41) is 19.5. The molecular formula is C9H10BrNO3. The van der Waals surface area contributed by atoms with Gasteiger partial charge in [-0.2, -0.15) is 0 Å². The zero-order valence-corrected chi connectivity index (χ0v) is 9.19. The third kappa shape index (κ3) is 2.52. The standard InChI is InChI=1S/C9H10BrNO3/c1-6(5-12)7-2-8(10)4-9(3-7)11(13)14/h2-4,6,12H,5H2,1H3. The van der Waals surface area contributed by atoms with E-state index in [2.05, 4.69) is 15.9 Å². The van der Waals surface area contributed by atoms with Gasteiger partial charge in [-0.05, 0) is 11.6 Å². The van der Waals surface area contributed by atoms with Gasteiger partial charge < -0.3 is 5.11 Å². The minimum absolute atomic E-state index is 0.0202. The molecule has 0 bridgehead atoms. The van der Waals surface area contributed by atoms with Gasteiger partial charge in [0.1, 0.15) is 0 Å². The van der Waals surface area contributed by atoms with Crippen LogP contribution in [0.25, 0.3) is 0 Å². The Labute approximate surface area is 89.8 Å². The number of nitro benzene ring substituents is 1. The summed E-state index contributed by atoms with van der Waals surface area (Å²) in [6.07, 6.45) is 0. The second-order valence-corrected chi connectivity index (χ2v) is 4.00. The largest absolute Gasteiger partial charge is 0.396 e. The van der Waals surface area contributed by atoms with Crippen molar-refractivity contribution in [3.8, 4) is 0 Å². The van der Waals surface area contributed by atoms with Crippen LogP contribution < -0.4 is 0 Å². The molecule has 1 aromatic rings. The number of nitrogens with zero attached hydrogens (tertiary/aromatic N) is 1. The van der Waals surface area contributed by atoms with Gasteiger partial charge in [-0.1, -0.05) is 22.9 Å². The van der Waals surface area contributed by atoms with Gasteiger partial charge in [-0.15, -0.1) is 0 Å². The summed E-state index contributed by atoms with van der Waals surface area (Å²) < 4.78 is 0.655. The van der Waals surface area contributed by atoms with E-state index in [9.17, 15) is 10.1 Å². The molecule has 1 N–H and O–H groups in total. The fourth-order valence-corrected chi connectivity index (χ4v) is 1.59. The highest BCUT2D eigenvalue weighted by Gasteiger charge is 2.12. The number of rotatable bonds is 3. The van der Waals surface area contributed by atoms with Crippen LogP contribution in [0.5, 0.6) is 0 Å². The average Bonchev–Trinajstić information content (AvgIpc) is 2.15. The van der Waals surface area contributed by atoms with Crippen molar-refractivity contribution in [1.82, 2.24) is 0 Å². The van der Waals surface area contributed by atoms with E-state index < -0.39 is 4.92 Å². The van der Waals surface area contributed by atoms with E-state index in [1.165, 1.54) is 12.1 Å². The van der Waals surface area contributed by atoms with E-state index in [4.69, 9.17) is 5.11 Å². The fourth-order valence-electron chi connectivity index (χ4n) is 1.09. The van der Waals surface area contributed by atoms with Crippen molar-refractivity contribution in [1.29, 1.82) is 0 Å². The number of halogens is 1. The zero-order chi connectivity index (χ0) is 10.7. The maximum Gasteiger partial charge on any atom is 0.270 e. The molecule has 0 aliphatic heterocycles. The van der Waals surface area contributed by atoms with Gasteiger partial charge in [0.25, 0.3) is 5.69 Å². The summed E-state index contributed by atoms with van der Waals surface area (Å²) in [6.45, 7) is 1.79. The number of nitro groups is 1. The summed E-state index contributed by atoms with van der Waals surface area (Å²) in [6, 6.07) is 4.69. The summed E-state index contributed by atoms with van der Waals surface area (Å²) >= 11 is 3.19. The topological polar surface area (TPSA) is 63.4 Å². The normalized spacial score (nSPS) is 12.5. The van der Waals surface area contributed by atoms with Gasteiger partial charge >= 0.3 is 0 Å². The molecule has 1 rings (SSSR count). The molecule has 0 heterocycles. The van der Waals surface area contributed by atoms with Gasteiger partial charge in [0.15, 0.2) is 0 Å². The lowest BCUT2D eigenvalue weighted by Crippen LogP contribution is -2.00. The van der Waals surface area contributed by atoms with E-state index in [1.54, 1.807) is 6.07 Å².